The summed E-state index contributed by atoms with van der Waals surface area (Å²) in [6.07, 6.45) is 4.48. The van der Waals surface area contributed by atoms with Crippen molar-refractivity contribution < 1.29 is 4.74 Å². The van der Waals surface area contributed by atoms with Crippen molar-refractivity contribution in [1.82, 2.24) is 15.1 Å². The Bertz CT molecular complexity index is 556. The van der Waals surface area contributed by atoms with Gasteiger partial charge in [0, 0.05) is 40.3 Å². The second-order valence-corrected chi connectivity index (χ2v) is 6.42. The number of benzene rings is 1. The first-order chi connectivity index (χ1) is 12.2. The average molecular weight is 345 g/mol. The number of hydrogen-bond acceptors (Lipinski definition) is 3. The van der Waals surface area contributed by atoms with Gasteiger partial charge in [-0.15, -0.1) is 0 Å². The molecule has 1 aliphatic heterocycles. The molecule has 5 heteroatoms. The summed E-state index contributed by atoms with van der Waals surface area (Å²) in [5.74, 6) is 1.00. The van der Waals surface area contributed by atoms with Crippen LogP contribution in [-0.4, -0.2) is 76.3 Å². The minimum absolute atomic E-state index is 0.787. The van der Waals surface area contributed by atoms with Crippen LogP contribution in [0.25, 0.3) is 5.57 Å². The molecule has 0 spiro atoms. The van der Waals surface area contributed by atoms with E-state index in [1.54, 1.807) is 7.11 Å². The van der Waals surface area contributed by atoms with E-state index in [0.29, 0.717) is 0 Å². The van der Waals surface area contributed by atoms with E-state index in [1.165, 1.54) is 11.1 Å². The van der Waals surface area contributed by atoms with Crippen LogP contribution in [0.15, 0.2) is 41.4 Å². The minimum atomic E-state index is 0.787. The van der Waals surface area contributed by atoms with Gasteiger partial charge in [-0.05, 0) is 37.6 Å². The fourth-order valence-corrected chi connectivity index (χ4v) is 3.02. The highest BCUT2D eigenvalue weighted by atomic mass is 16.5. The van der Waals surface area contributed by atoms with Crippen LogP contribution in [0.5, 0.6) is 0 Å². The molecule has 0 atom stereocenters. The van der Waals surface area contributed by atoms with Crippen LogP contribution >= 0.6 is 0 Å². The van der Waals surface area contributed by atoms with Gasteiger partial charge >= 0.3 is 0 Å². The van der Waals surface area contributed by atoms with Crippen LogP contribution in [0.2, 0.25) is 0 Å². The smallest absolute Gasteiger partial charge is 0.193 e. The quantitative estimate of drug-likeness (QED) is 0.446. The largest absolute Gasteiger partial charge is 0.383 e. The number of aliphatic imine (C=N–C) groups is 1. The van der Waals surface area contributed by atoms with Crippen molar-refractivity contribution in [3.63, 3.8) is 0 Å². The molecule has 25 heavy (non-hydrogen) atoms. The first kappa shape index (κ1) is 19.5. The molecule has 0 unspecified atom stereocenters. The Morgan fingerprint density at radius 1 is 1.28 bits per heavy atom. The Morgan fingerprint density at radius 2 is 2.08 bits per heavy atom. The van der Waals surface area contributed by atoms with Gasteiger partial charge in [0.1, 0.15) is 0 Å². The van der Waals surface area contributed by atoms with Crippen LogP contribution in [0.1, 0.15) is 18.4 Å². The monoisotopic (exact) mass is 344 g/mol. The predicted octanol–water partition coefficient (Wildman–Crippen LogP) is 2.32. The van der Waals surface area contributed by atoms with Gasteiger partial charge in [0.05, 0.1) is 6.61 Å². The molecule has 0 saturated carbocycles. The van der Waals surface area contributed by atoms with Gasteiger partial charge in [-0.3, -0.25) is 4.99 Å². The van der Waals surface area contributed by atoms with Crippen LogP contribution in [0.3, 0.4) is 0 Å². The van der Waals surface area contributed by atoms with Crippen molar-refractivity contribution in [2.75, 3.05) is 60.5 Å². The molecule has 1 aliphatic rings. The fraction of sp³-hybridized carbons (Fsp3) is 0.550. The number of ether oxygens (including phenoxy) is 1. The maximum absolute atomic E-state index is 5.11. The average Bonchev–Trinajstić information content (AvgIpc) is 2.67. The highest BCUT2D eigenvalue weighted by Gasteiger charge is 2.15. The molecule has 0 fully saturated rings. The zero-order valence-electron chi connectivity index (χ0n) is 15.9. The van der Waals surface area contributed by atoms with E-state index in [0.717, 1.165) is 58.1 Å². The number of methoxy groups -OCH3 is 1. The van der Waals surface area contributed by atoms with E-state index in [1.807, 2.05) is 7.05 Å². The number of rotatable bonds is 8. The predicted molar refractivity (Wildman–Crippen MR) is 106 cm³/mol. The van der Waals surface area contributed by atoms with Gasteiger partial charge in [0.2, 0.25) is 0 Å². The summed E-state index contributed by atoms with van der Waals surface area (Å²) in [6.45, 7) is 5.69. The van der Waals surface area contributed by atoms with Gasteiger partial charge in [-0.1, -0.05) is 36.4 Å². The van der Waals surface area contributed by atoms with E-state index >= 15 is 0 Å². The molecule has 1 aromatic rings. The van der Waals surface area contributed by atoms with Gasteiger partial charge in [-0.2, -0.15) is 0 Å². The van der Waals surface area contributed by atoms with Gasteiger partial charge in [-0.25, -0.2) is 0 Å². The third-order valence-electron chi connectivity index (χ3n) is 4.54. The number of hydrogen-bond donors (Lipinski definition) is 1. The summed E-state index contributed by atoms with van der Waals surface area (Å²) in [7, 11) is 5.74. The van der Waals surface area contributed by atoms with Crippen molar-refractivity contribution in [3.8, 4) is 0 Å². The maximum Gasteiger partial charge on any atom is 0.193 e. The molecule has 1 aromatic carbocycles. The van der Waals surface area contributed by atoms with Crippen molar-refractivity contribution in [2.45, 2.75) is 12.8 Å². The number of guanidine groups is 1. The summed E-state index contributed by atoms with van der Waals surface area (Å²) in [6, 6.07) is 10.7. The normalized spacial score (nSPS) is 15.4. The molecule has 0 aliphatic carbocycles. The zero-order chi connectivity index (χ0) is 17.9. The van der Waals surface area contributed by atoms with Gasteiger partial charge in [0.25, 0.3) is 0 Å². The Morgan fingerprint density at radius 3 is 2.72 bits per heavy atom. The van der Waals surface area contributed by atoms with Crippen LogP contribution in [0.4, 0.5) is 0 Å². The molecule has 0 aromatic heterocycles. The minimum Gasteiger partial charge on any atom is -0.383 e. The van der Waals surface area contributed by atoms with E-state index in [-0.39, 0.29) is 0 Å². The van der Waals surface area contributed by atoms with Crippen molar-refractivity contribution in [2.24, 2.45) is 4.99 Å². The van der Waals surface area contributed by atoms with Crippen molar-refractivity contribution in [1.29, 1.82) is 0 Å². The fourth-order valence-electron chi connectivity index (χ4n) is 3.02. The standard InChI is InChI=1S/C20H32N4O/c1-21-20(22-12-7-13-23(2)16-17-25-3)24-14-10-19(11-15-24)18-8-5-4-6-9-18/h4-6,8-10H,7,11-17H2,1-3H3,(H,21,22). The van der Waals surface area contributed by atoms with Crippen LogP contribution in [-0.2, 0) is 4.74 Å². The third-order valence-corrected chi connectivity index (χ3v) is 4.54. The van der Waals surface area contributed by atoms with Crippen LogP contribution in [0, 0.1) is 0 Å². The summed E-state index contributed by atoms with van der Waals surface area (Å²) < 4.78 is 5.11. The number of likely N-dealkylation sites (N-methyl/N-ethyl adjacent to an activating group) is 1. The summed E-state index contributed by atoms with van der Waals surface area (Å²) in [4.78, 5) is 9.06. The topological polar surface area (TPSA) is 40.1 Å². The molecule has 1 N–H and O–H groups in total. The maximum atomic E-state index is 5.11. The lowest BCUT2D eigenvalue weighted by molar-refractivity contribution is 0.161. The highest BCUT2D eigenvalue weighted by molar-refractivity contribution is 5.81. The Hall–Kier alpha value is -1.85. The van der Waals surface area contributed by atoms with Crippen molar-refractivity contribution in [3.05, 3.63) is 42.0 Å². The first-order valence-corrected chi connectivity index (χ1v) is 9.12. The summed E-state index contributed by atoms with van der Waals surface area (Å²) in [5.41, 5.74) is 2.77. The Labute approximate surface area is 152 Å². The zero-order valence-corrected chi connectivity index (χ0v) is 15.9. The summed E-state index contributed by atoms with van der Waals surface area (Å²) in [5, 5.41) is 3.49. The molecule has 0 amide bonds. The first-order valence-electron chi connectivity index (χ1n) is 9.12. The Balaban J connectivity index is 1.74. The van der Waals surface area contributed by atoms with Crippen molar-refractivity contribution >= 4 is 11.5 Å². The molecular weight excluding hydrogens is 312 g/mol. The molecule has 1 heterocycles. The van der Waals surface area contributed by atoms with E-state index in [2.05, 4.69) is 63.6 Å². The lowest BCUT2D eigenvalue weighted by atomic mass is 10.00. The Kier molecular flexibility index (Phi) is 8.49. The number of nitrogens with zero attached hydrogens (tertiary/aromatic N) is 3. The van der Waals surface area contributed by atoms with Gasteiger partial charge < -0.3 is 19.9 Å². The molecule has 5 nitrogen and oxygen atoms in total. The van der Waals surface area contributed by atoms with E-state index in [4.69, 9.17) is 4.74 Å². The third kappa shape index (κ3) is 6.52. The lowest BCUT2D eigenvalue weighted by Gasteiger charge is -2.30. The lowest BCUT2D eigenvalue weighted by Crippen LogP contribution is -2.44. The molecular formula is C20H32N4O. The molecule has 0 saturated heterocycles. The molecule has 0 bridgehead atoms. The van der Waals surface area contributed by atoms with E-state index in [9.17, 15) is 0 Å². The highest BCUT2D eigenvalue weighted by Crippen LogP contribution is 2.21. The second-order valence-electron chi connectivity index (χ2n) is 6.42. The summed E-state index contributed by atoms with van der Waals surface area (Å²) >= 11 is 0. The number of nitrogens with one attached hydrogen (secondary N) is 1. The molecule has 138 valence electrons. The SMILES string of the molecule is CN=C(NCCCN(C)CCOC)N1CC=C(c2ccccc2)CC1. The molecule has 2 rings (SSSR count). The van der Waals surface area contributed by atoms with Crippen LogP contribution < -0.4 is 5.32 Å². The van der Waals surface area contributed by atoms with Gasteiger partial charge in [0.15, 0.2) is 5.96 Å². The van der Waals surface area contributed by atoms with E-state index < -0.39 is 0 Å². The second kappa shape index (κ2) is 10.9. The molecule has 0 radical (unpaired) electrons.